The summed E-state index contributed by atoms with van der Waals surface area (Å²) < 4.78 is 52.5. The van der Waals surface area contributed by atoms with Gasteiger partial charge in [0, 0.05) is 6.54 Å². The molecule has 4 aromatic rings. The number of amides is 1. The highest BCUT2D eigenvalue weighted by molar-refractivity contribution is 7.92. The van der Waals surface area contributed by atoms with E-state index in [9.17, 15) is 17.6 Å². The van der Waals surface area contributed by atoms with Crippen LogP contribution in [0.4, 0.5) is 10.1 Å². The molecule has 0 aromatic heterocycles. The van der Waals surface area contributed by atoms with Crippen molar-refractivity contribution < 1.29 is 27.1 Å². The van der Waals surface area contributed by atoms with Crippen molar-refractivity contribution in [1.29, 1.82) is 0 Å². The van der Waals surface area contributed by atoms with Crippen molar-refractivity contribution in [2.24, 2.45) is 0 Å². The molecule has 4 rings (SSSR count). The quantitative estimate of drug-likeness (QED) is 0.242. The Balaban J connectivity index is 1.41. The molecule has 1 N–H and O–H groups in total. The Bertz CT molecular complexity index is 1510. The zero-order valence-corrected chi connectivity index (χ0v) is 23.2. The van der Waals surface area contributed by atoms with Crippen molar-refractivity contribution in [3.63, 3.8) is 0 Å². The fourth-order valence-electron chi connectivity index (χ4n) is 3.87. The first kappa shape index (κ1) is 28.6. The molecule has 0 aliphatic rings. The molecule has 0 saturated carbocycles. The van der Waals surface area contributed by atoms with Gasteiger partial charge in [0.2, 0.25) is 5.91 Å². The molecular formula is C31H31FN2O5S. The molecule has 0 atom stereocenters. The van der Waals surface area contributed by atoms with E-state index < -0.39 is 22.5 Å². The largest absolute Gasteiger partial charge is 0.494 e. The molecule has 0 aliphatic carbocycles. The Hall–Kier alpha value is -4.37. The first-order chi connectivity index (χ1) is 19.2. The number of nitrogens with one attached hydrogen (secondary N) is 1. The number of ether oxygens (including phenoxy) is 2. The average Bonchev–Trinajstić information content (AvgIpc) is 2.96. The number of rotatable bonds is 12. The third-order valence-electron chi connectivity index (χ3n) is 6.06. The van der Waals surface area contributed by atoms with Crippen LogP contribution in [-0.2, 0) is 28.0 Å². The van der Waals surface area contributed by atoms with Gasteiger partial charge in [-0.15, -0.1) is 0 Å². The lowest BCUT2D eigenvalue weighted by atomic mass is 10.2. The standard InChI is InChI=1S/C31H31FN2O5S/c1-3-38-28-16-18-30(19-17-28)40(36,37)34(27-12-4-23(2)5-13-27)21-31(35)33-20-24-8-14-29(15-9-24)39-22-25-6-10-26(32)11-7-25/h4-19H,3,20-22H2,1-2H3,(H,33,35). The summed E-state index contributed by atoms with van der Waals surface area (Å²) in [5.41, 5.74) is 3.02. The van der Waals surface area contributed by atoms with Gasteiger partial charge in [-0.2, -0.15) is 0 Å². The normalized spacial score (nSPS) is 11.1. The molecular weight excluding hydrogens is 531 g/mol. The molecule has 0 spiro atoms. The molecule has 0 heterocycles. The van der Waals surface area contributed by atoms with E-state index in [1.165, 1.54) is 24.3 Å². The van der Waals surface area contributed by atoms with Crippen LogP contribution in [0, 0.1) is 12.7 Å². The zero-order valence-electron chi connectivity index (χ0n) is 22.3. The number of hydrogen-bond donors (Lipinski definition) is 1. The lowest BCUT2D eigenvalue weighted by Gasteiger charge is -2.24. The molecule has 40 heavy (non-hydrogen) atoms. The number of sulfonamides is 1. The number of nitrogens with zero attached hydrogens (tertiary/aromatic N) is 1. The van der Waals surface area contributed by atoms with Crippen LogP contribution in [0.2, 0.25) is 0 Å². The van der Waals surface area contributed by atoms with Gasteiger partial charge in [-0.05, 0) is 85.6 Å². The topological polar surface area (TPSA) is 84.9 Å². The Morgan fingerprint density at radius 2 is 1.38 bits per heavy atom. The van der Waals surface area contributed by atoms with E-state index in [1.807, 2.05) is 26.0 Å². The van der Waals surface area contributed by atoms with Crippen molar-refractivity contribution in [3.8, 4) is 11.5 Å². The molecule has 0 radical (unpaired) electrons. The first-order valence-electron chi connectivity index (χ1n) is 12.8. The monoisotopic (exact) mass is 562 g/mol. The maximum absolute atomic E-state index is 13.6. The van der Waals surface area contributed by atoms with Crippen LogP contribution in [0.25, 0.3) is 0 Å². The van der Waals surface area contributed by atoms with E-state index in [1.54, 1.807) is 60.7 Å². The maximum Gasteiger partial charge on any atom is 0.264 e. The van der Waals surface area contributed by atoms with Crippen molar-refractivity contribution in [2.45, 2.75) is 31.9 Å². The summed E-state index contributed by atoms with van der Waals surface area (Å²) in [7, 11) is -4.03. The van der Waals surface area contributed by atoms with Gasteiger partial charge in [-0.25, -0.2) is 12.8 Å². The number of carbonyl (C=O) groups is 1. The summed E-state index contributed by atoms with van der Waals surface area (Å²) in [6, 6.07) is 26.4. The highest BCUT2D eigenvalue weighted by atomic mass is 32.2. The molecule has 0 saturated heterocycles. The predicted octanol–water partition coefficient (Wildman–Crippen LogP) is 5.62. The van der Waals surface area contributed by atoms with Crippen LogP contribution in [0.1, 0.15) is 23.6 Å². The van der Waals surface area contributed by atoms with E-state index in [4.69, 9.17) is 9.47 Å². The molecule has 1 amide bonds. The van der Waals surface area contributed by atoms with E-state index in [0.717, 1.165) is 21.0 Å². The second-order valence-electron chi connectivity index (χ2n) is 9.09. The third-order valence-corrected chi connectivity index (χ3v) is 7.85. The van der Waals surface area contributed by atoms with Gasteiger partial charge in [0.15, 0.2) is 0 Å². The molecule has 9 heteroatoms. The molecule has 7 nitrogen and oxygen atoms in total. The summed E-state index contributed by atoms with van der Waals surface area (Å²) in [4.78, 5) is 13.0. The second kappa shape index (κ2) is 13.1. The molecule has 0 fully saturated rings. The van der Waals surface area contributed by atoms with Gasteiger partial charge in [-0.3, -0.25) is 9.10 Å². The van der Waals surface area contributed by atoms with E-state index >= 15 is 0 Å². The Morgan fingerprint density at radius 1 is 0.800 bits per heavy atom. The lowest BCUT2D eigenvalue weighted by Crippen LogP contribution is -2.40. The number of halogens is 1. The van der Waals surface area contributed by atoms with Crippen LogP contribution in [0.5, 0.6) is 11.5 Å². The molecule has 208 valence electrons. The number of anilines is 1. The summed E-state index contributed by atoms with van der Waals surface area (Å²) in [5.74, 6) is 0.442. The molecule has 0 bridgehead atoms. The number of aryl methyl sites for hydroxylation is 1. The van der Waals surface area contributed by atoms with Gasteiger partial charge in [0.1, 0.15) is 30.5 Å². The highest BCUT2D eigenvalue weighted by Gasteiger charge is 2.27. The fraction of sp³-hybridized carbons (Fsp3) is 0.194. The predicted molar refractivity (Wildman–Crippen MR) is 152 cm³/mol. The minimum atomic E-state index is -4.03. The summed E-state index contributed by atoms with van der Waals surface area (Å²) >= 11 is 0. The first-order valence-corrected chi connectivity index (χ1v) is 14.2. The minimum absolute atomic E-state index is 0.0561. The number of hydrogen-bond acceptors (Lipinski definition) is 5. The Morgan fingerprint density at radius 3 is 2.00 bits per heavy atom. The summed E-state index contributed by atoms with van der Waals surface area (Å²) in [6.45, 7) is 4.34. The van der Waals surface area contributed by atoms with Gasteiger partial charge in [0.05, 0.1) is 17.2 Å². The Kier molecular flexibility index (Phi) is 9.39. The number of benzene rings is 4. The van der Waals surface area contributed by atoms with Gasteiger partial charge in [-0.1, -0.05) is 42.0 Å². The molecule has 0 aliphatic heterocycles. The average molecular weight is 563 g/mol. The maximum atomic E-state index is 13.6. The van der Waals surface area contributed by atoms with Crippen LogP contribution >= 0.6 is 0 Å². The smallest absolute Gasteiger partial charge is 0.264 e. The SMILES string of the molecule is CCOc1ccc(S(=O)(=O)N(CC(=O)NCc2ccc(OCc3ccc(F)cc3)cc2)c2ccc(C)cc2)cc1. The fourth-order valence-corrected chi connectivity index (χ4v) is 5.29. The lowest BCUT2D eigenvalue weighted by molar-refractivity contribution is -0.119. The zero-order chi connectivity index (χ0) is 28.5. The number of carbonyl (C=O) groups excluding carboxylic acids is 1. The van der Waals surface area contributed by atoms with Crippen LogP contribution in [-0.4, -0.2) is 27.5 Å². The van der Waals surface area contributed by atoms with Crippen molar-refractivity contribution in [1.82, 2.24) is 5.32 Å². The van der Waals surface area contributed by atoms with Gasteiger partial charge >= 0.3 is 0 Å². The molecule has 4 aromatic carbocycles. The second-order valence-corrected chi connectivity index (χ2v) is 10.9. The van der Waals surface area contributed by atoms with Crippen LogP contribution in [0.3, 0.4) is 0 Å². The summed E-state index contributed by atoms with van der Waals surface area (Å²) in [5, 5.41) is 2.80. The summed E-state index contributed by atoms with van der Waals surface area (Å²) in [6.07, 6.45) is 0. The van der Waals surface area contributed by atoms with Crippen LogP contribution in [0.15, 0.2) is 102 Å². The molecule has 0 unspecified atom stereocenters. The minimum Gasteiger partial charge on any atom is -0.494 e. The highest BCUT2D eigenvalue weighted by Crippen LogP contribution is 2.25. The van der Waals surface area contributed by atoms with Crippen molar-refractivity contribution in [2.75, 3.05) is 17.5 Å². The van der Waals surface area contributed by atoms with Crippen molar-refractivity contribution >= 4 is 21.6 Å². The third kappa shape index (κ3) is 7.60. The van der Waals surface area contributed by atoms with E-state index in [-0.39, 0.29) is 17.3 Å². The van der Waals surface area contributed by atoms with E-state index in [0.29, 0.717) is 30.4 Å². The van der Waals surface area contributed by atoms with Crippen molar-refractivity contribution in [3.05, 3.63) is 120 Å². The Labute approximate surface area is 234 Å². The van der Waals surface area contributed by atoms with Crippen LogP contribution < -0.4 is 19.1 Å². The van der Waals surface area contributed by atoms with E-state index in [2.05, 4.69) is 5.32 Å². The van der Waals surface area contributed by atoms with Gasteiger partial charge < -0.3 is 14.8 Å². The van der Waals surface area contributed by atoms with Gasteiger partial charge in [0.25, 0.3) is 10.0 Å².